The van der Waals surface area contributed by atoms with Crippen LogP contribution < -0.4 is 37.2 Å². The molecule has 0 unspecified atom stereocenters. The molecule has 0 aliphatic carbocycles. The van der Waals surface area contributed by atoms with Gasteiger partial charge in [0.25, 0.3) is 0 Å². The Kier molecular flexibility index (Phi) is 400. The molecule has 32 heteroatoms. The molecule has 0 spiro atoms. The van der Waals surface area contributed by atoms with Crippen LogP contribution in [-0.2, 0) is 83.2 Å². The zero-order valence-corrected chi connectivity index (χ0v) is 35.3. The van der Waals surface area contributed by atoms with E-state index in [1.165, 1.54) is 0 Å². The Balaban J connectivity index is -0.00000000296. The third-order valence-corrected chi connectivity index (χ3v) is 0. The van der Waals surface area contributed by atoms with Gasteiger partial charge >= 0.3 is 193 Å². The summed E-state index contributed by atoms with van der Waals surface area (Å²) >= 11 is -9.00. The quantitative estimate of drug-likeness (QED) is 0.204. The molecule has 12 nitrogen and oxygen atoms in total. The van der Waals surface area contributed by atoms with E-state index in [1.54, 1.807) is 0 Å². The zero-order valence-electron chi connectivity index (χ0n) is 13.2. The molecule has 0 fully saturated rings. The second kappa shape index (κ2) is 83.3. The predicted molar refractivity (Wildman–Crippen MR) is 114 cm³/mol. The second-order valence-electron chi connectivity index (χ2n) is 0.775. The van der Waals surface area contributed by atoms with Crippen molar-refractivity contribution in [2.75, 3.05) is 0 Å². The van der Waals surface area contributed by atoms with Crippen LogP contribution in [0.25, 0.3) is 0 Å². The molecule has 0 saturated heterocycles. The maximum atomic E-state index is 5.00. The Hall–Kier alpha value is 7.57. The van der Waals surface area contributed by atoms with Crippen LogP contribution in [0.4, 0.5) is 0 Å². The monoisotopic (exact) mass is 1730 g/mol. The van der Waals surface area contributed by atoms with E-state index in [-0.39, 0.29) is 148 Å². The Morgan fingerprint density at radius 2 is 0.219 bits per heavy atom. The molecule has 0 rings (SSSR count). The molecule has 0 aliphatic heterocycles. The van der Waals surface area contributed by atoms with Gasteiger partial charge in [-0.05, 0) is 0 Å². The maximum absolute atomic E-state index is 5.00. The van der Waals surface area contributed by atoms with Crippen LogP contribution in [0.1, 0.15) is 0 Å². The van der Waals surface area contributed by atoms with Crippen molar-refractivity contribution in [3.05, 3.63) is 0 Å². The standard InChI is InChI=1S/5Au.15ClH.12H2O/h;;;;;15*1H;12*1H2/q5*+3;;;;;;;;;;;;;;;;;;;;;;;;;;;/p-15. The van der Waals surface area contributed by atoms with Gasteiger partial charge in [0, 0.05) is 0 Å². The van der Waals surface area contributed by atoms with Gasteiger partial charge in [0.2, 0.25) is 0 Å². The molecule has 0 aromatic heterocycles. The average molecular weight is 1730 g/mol. The molecule has 0 atom stereocenters. The fourth-order valence-corrected chi connectivity index (χ4v) is 0. The zero-order chi connectivity index (χ0) is 13.5. The topological polar surface area (TPSA) is 378 Å². The molecule has 0 aliphatic rings. The van der Waals surface area contributed by atoms with Gasteiger partial charge in [0.15, 0.2) is 0 Å². The second-order valence-corrected chi connectivity index (χ2v) is 57.1. The van der Waals surface area contributed by atoms with Crippen LogP contribution in [0.15, 0.2) is 0 Å². The van der Waals surface area contributed by atoms with E-state index >= 15 is 0 Å². The molecule has 0 aromatic rings. The molecular weight excluding hydrogens is 1710 g/mol. The number of halogens is 15. The molecule has 0 aromatic carbocycles. The molecular formula is H24Au5Cl15O12. The molecule has 32 heavy (non-hydrogen) atoms. The van der Waals surface area contributed by atoms with Crippen molar-refractivity contribution in [3.8, 4) is 0 Å². The third-order valence-electron chi connectivity index (χ3n) is 0. The minimum atomic E-state index is -3.00. The summed E-state index contributed by atoms with van der Waals surface area (Å²) < 4.78 is 0. The number of rotatable bonds is 0. The van der Waals surface area contributed by atoms with Crippen molar-refractivity contribution in [2.24, 2.45) is 0 Å². The summed E-state index contributed by atoms with van der Waals surface area (Å²) in [5, 5.41) is 0. The van der Waals surface area contributed by atoms with Gasteiger partial charge in [0.1, 0.15) is 0 Å². The van der Waals surface area contributed by atoms with Gasteiger partial charge in [-0.3, -0.25) is 0 Å². The average Bonchev–Trinajstić information content (AvgIpc) is 1.41. The molecule has 0 radical (unpaired) electrons. The molecule has 0 saturated carbocycles. The molecule has 256 valence electrons. The first kappa shape index (κ1) is 154. The van der Waals surface area contributed by atoms with Crippen molar-refractivity contribution in [3.63, 3.8) is 0 Å². The summed E-state index contributed by atoms with van der Waals surface area (Å²) in [5.41, 5.74) is 0. The Labute approximate surface area is 290 Å². The van der Waals surface area contributed by atoms with Crippen molar-refractivity contribution in [1.29, 1.82) is 0 Å². The summed E-state index contributed by atoms with van der Waals surface area (Å²) in [6.45, 7) is 0. The van der Waals surface area contributed by atoms with Crippen molar-refractivity contribution >= 4 is 110 Å². The van der Waals surface area contributed by atoms with E-state index in [9.17, 15) is 0 Å². The predicted octanol–water partition coefficient (Wildman–Crippen LogP) is -10.6. The van der Waals surface area contributed by atoms with Crippen LogP contribution in [0.5, 0.6) is 0 Å². The molecule has 24 N–H and O–H groups in total. The first-order chi connectivity index (χ1) is 6.00. The van der Waals surface area contributed by atoms with Crippen LogP contribution in [-0.4, -0.2) is 65.7 Å². The summed E-state index contributed by atoms with van der Waals surface area (Å²) in [6, 6.07) is 0. The van der Waals surface area contributed by atoms with Gasteiger partial charge in [-0.1, -0.05) is 0 Å². The third kappa shape index (κ3) is 877. The van der Waals surface area contributed by atoms with E-state index < -0.39 is 38.4 Å². The Bertz CT molecular complexity index is 122. The minimum absolute atomic E-state index is 0. The summed E-state index contributed by atoms with van der Waals surface area (Å²) in [4.78, 5) is 0. The first-order valence-corrected chi connectivity index (χ1v) is 33.6. The number of hydrogen-bond acceptors (Lipinski definition) is 0. The van der Waals surface area contributed by atoms with Crippen molar-refractivity contribution < 1.29 is 186 Å². The SMILES string of the molecule is O.O.O.O.O.O.O.O.O.O.O.O.[Au+3].[Au+3].[Cl-].[Cl-].[Cl-].[Cl][Au-]([Cl])([Cl])[Cl].[Cl][Au-]([Cl])([Cl])[Cl].[Cl][Au-]([Cl])([Cl])[Cl]. The van der Waals surface area contributed by atoms with Gasteiger partial charge in [0.05, 0.1) is 0 Å². The number of hydrogen-bond donors (Lipinski definition) is 0. The van der Waals surface area contributed by atoms with Crippen molar-refractivity contribution in [1.82, 2.24) is 0 Å². The van der Waals surface area contributed by atoms with Gasteiger partial charge in [-0.2, -0.15) is 0 Å². The van der Waals surface area contributed by atoms with Crippen LogP contribution >= 0.6 is 110 Å². The van der Waals surface area contributed by atoms with Crippen LogP contribution in [0, 0.1) is 0 Å². The fraction of sp³-hybridized carbons (Fsp3) is 0. The van der Waals surface area contributed by atoms with Gasteiger partial charge in [-0.25, -0.2) is 0 Å². The molecule has 0 amide bonds. The Morgan fingerprint density at radius 1 is 0.219 bits per heavy atom. The molecule has 0 heterocycles. The van der Waals surface area contributed by atoms with Crippen LogP contribution in [0.3, 0.4) is 0 Å². The molecule has 0 bridgehead atoms. The van der Waals surface area contributed by atoms with E-state index in [0.717, 1.165) is 0 Å². The van der Waals surface area contributed by atoms with E-state index in [0.29, 0.717) is 0 Å². The Morgan fingerprint density at radius 3 is 0.219 bits per heavy atom. The van der Waals surface area contributed by atoms with E-state index in [2.05, 4.69) is 0 Å². The van der Waals surface area contributed by atoms with Gasteiger partial charge < -0.3 is 103 Å². The summed E-state index contributed by atoms with van der Waals surface area (Å²) in [6.07, 6.45) is 0. The fourth-order valence-electron chi connectivity index (χ4n) is 0. The summed E-state index contributed by atoms with van der Waals surface area (Å²) in [5.74, 6) is 0. The van der Waals surface area contributed by atoms with Gasteiger partial charge in [-0.15, -0.1) is 0 Å². The first-order valence-electron chi connectivity index (χ1n) is 1.37. The summed E-state index contributed by atoms with van der Waals surface area (Å²) in [7, 11) is 60.0. The van der Waals surface area contributed by atoms with Crippen molar-refractivity contribution in [2.45, 2.75) is 0 Å². The van der Waals surface area contributed by atoms with E-state index in [1.807, 2.05) is 0 Å². The normalized spacial score (nSPS) is 7.12. The van der Waals surface area contributed by atoms with E-state index in [4.69, 9.17) is 110 Å². The van der Waals surface area contributed by atoms with Crippen LogP contribution in [0.2, 0.25) is 0 Å².